The molecule has 0 bridgehead atoms. The molecule has 1 aliphatic carbocycles. The van der Waals surface area contributed by atoms with E-state index < -0.39 is 0 Å². The normalized spacial score (nSPS) is 16.8. The van der Waals surface area contributed by atoms with E-state index in [0.717, 1.165) is 12.1 Å². The number of aromatic nitrogens is 3. The van der Waals surface area contributed by atoms with Gasteiger partial charge in [0.05, 0.1) is 19.7 Å². The fourth-order valence-electron chi connectivity index (χ4n) is 3.58. The summed E-state index contributed by atoms with van der Waals surface area (Å²) in [6.45, 7) is 0.820. The Morgan fingerprint density at radius 2 is 1.64 bits per heavy atom. The van der Waals surface area contributed by atoms with Crippen LogP contribution in [0.4, 0.5) is 5.95 Å². The van der Waals surface area contributed by atoms with Crippen molar-refractivity contribution in [2.24, 2.45) is 0 Å². The Balaban J connectivity index is 1.81. The summed E-state index contributed by atoms with van der Waals surface area (Å²) < 4.78 is 10.6. The number of rotatable bonds is 6. The van der Waals surface area contributed by atoms with Crippen LogP contribution in [0.5, 0.6) is 11.5 Å². The Kier molecular flexibility index (Phi) is 5.22. The van der Waals surface area contributed by atoms with Gasteiger partial charge in [-0.2, -0.15) is 0 Å². The van der Waals surface area contributed by atoms with Crippen molar-refractivity contribution in [2.75, 3.05) is 40.2 Å². The third kappa shape index (κ3) is 3.61. The van der Waals surface area contributed by atoms with Crippen molar-refractivity contribution >= 4 is 17.0 Å². The van der Waals surface area contributed by atoms with Gasteiger partial charge in [-0.05, 0) is 26.9 Å². The highest BCUT2D eigenvalue weighted by molar-refractivity contribution is 5.79. The van der Waals surface area contributed by atoms with E-state index >= 15 is 0 Å². The molecule has 7 heteroatoms. The standard InChI is InChI=1S/C18H27N5O2/c1-23(2)18(8-6-5-7-9-18)12-19-17-20-13-10-15(24-3)16(25-4)11-14(13)21-22-17/h10-11H,5-9,12H2,1-4H3,(H,19,20,22). The fraction of sp³-hybridized carbons (Fsp3) is 0.611. The SMILES string of the molecule is COc1cc2nnc(NCC3(N(C)C)CCCCC3)nc2cc1OC. The molecule has 0 amide bonds. The van der Waals surface area contributed by atoms with E-state index in [1.165, 1.54) is 32.1 Å². The Morgan fingerprint density at radius 3 is 2.24 bits per heavy atom. The summed E-state index contributed by atoms with van der Waals surface area (Å²) in [6, 6.07) is 3.62. The number of anilines is 1. The second kappa shape index (κ2) is 7.39. The Bertz CT molecular complexity index is 729. The van der Waals surface area contributed by atoms with Crippen LogP contribution >= 0.6 is 0 Å². The number of hydrogen-bond acceptors (Lipinski definition) is 7. The van der Waals surface area contributed by atoms with E-state index in [2.05, 4.69) is 39.5 Å². The molecule has 1 fully saturated rings. The van der Waals surface area contributed by atoms with Crippen LogP contribution < -0.4 is 14.8 Å². The molecule has 7 nitrogen and oxygen atoms in total. The minimum atomic E-state index is 0.161. The van der Waals surface area contributed by atoms with Gasteiger partial charge in [0.25, 0.3) is 0 Å². The first-order valence-electron chi connectivity index (χ1n) is 8.76. The van der Waals surface area contributed by atoms with E-state index in [1.54, 1.807) is 20.3 Å². The molecule has 2 aromatic rings. The second-order valence-corrected chi connectivity index (χ2v) is 6.86. The summed E-state index contributed by atoms with van der Waals surface area (Å²) >= 11 is 0. The molecule has 0 atom stereocenters. The molecule has 1 N–H and O–H groups in total. The minimum Gasteiger partial charge on any atom is -0.493 e. The highest BCUT2D eigenvalue weighted by Gasteiger charge is 2.34. The lowest BCUT2D eigenvalue weighted by Gasteiger charge is -2.43. The molecule has 1 saturated carbocycles. The zero-order valence-corrected chi connectivity index (χ0v) is 15.5. The molecular formula is C18H27N5O2. The summed E-state index contributed by atoms with van der Waals surface area (Å²) in [7, 11) is 7.53. The first-order valence-corrected chi connectivity index (χ1v) is 8.76. The smallest absolute Gasteiger partial charge is 0.243 e. The molecule has 1 heterocycles. The van der Waals surface area contributed by atoms with E-state index in [0.29, 0.717) is 23.0 Å². The maximum atomic E-state index is 5.35. The molecule has 136 valence electrons. The number of fused-ring (bicyclic) bond motifs is 1. The number of methoxy groups -OCH3 is 2. The quantitative estimate of drug-likeness (QED) is 0.863. The average molecular weight is 345 g/mol. The van der Waals surface area contributed by atoms with Crippen molar-refractivity contribution < 1.29 is 9.47 Å². The van der Waals surface area contributed by atoms with Gasteiger partial charge in [-0.1, -0.05) is 19.3 Å². The molecule has 0 unspecified atom stereocenters. The second-order valence-electron chi connectivity index (χ2n) is 6.86. The van der Waals surface area contributed by atoms with Crippen LogP contribution in [0.2, 0.25) is 0 Å². The molecule has 1 aliphatic rings. The van der Waals surface area contributed by atoms with Gasteiger partial charge < -0.3 is 19.7 Å². The third-order valence-corrected chi connectivity index (χ3v) is 5.27. The molecule has 3 rings (SSSR count). The van der Waals surface area contributed by atoms with E-state index in [9.17, 15) is 0 Å². The van der Waals surface area contributed by atoms with Gasteiger partial charge in [-0.25, -0.2) is 4.98 Å². The molecular weight excluding hydrogens is 318 g/mol. The summed E-state index contributed by atoms with van der Waals surface area (Å²) in [5.41, 5.74) is 1.58. The van der Waals surface area contributed by atoms with Gasteiger partial charge in [0, 0.05) is 24.2 Å². The molecule has 0 radical (unpaired) electrons. The first-order chi connectivity index (χ1) is 12.1. The van der Waals surface area contributed by atoms with Crippen molar-refractivity contribution in [1.29, 1.82) is 0 Å². The maximum Gasteiger partial charge on any atom is 0.243 e. The summed E-state index contributed by atoms with van der Waals surface area (Å²) in [5, 5.41) is 11.9. The van der Waals surface area contributed by atoms with Crippen LogP contribution in [-0.4, -0.2) is 60.5 Å². The summed E-state index contributed by atoms with van der Waals surface area (Å²) in [4.78, 5) is 6.93. The predicted molar refractivity (Wildman–Crippen MR) is 98.4 cm³/mol. The third-order valence-electron chi connectivity index (χ3n) is 5.27. The van der Waals surface area contributed by atoms with Crippen LogP contribution in [0, 0.1) is 0 Å². The van der Waals surface area contributed by atoms with Crippen molar-refractivity contribution in [3.8, 4) is 11.5 Å². The highest BCUT2D eigenvalue weighted by atomic mass is 16.5. The largest absolute Gasteiger partial charge is 0.493 e. The zero-order valence-electron chi connectivity index (χ0n) is 15.5. The molecule has 1 aromatic carbocycles. The van der Waals surface area contributed by atoms with Crippen molar-refractivity contribution in [1.82, 2.24) is 20.1 Å². The molecule has 0 aliphatic heterocycles. The maximum absolute atomic E-state index is 5.35. The number of likely N-dealkylation sites (N-methyl/N-ethyl adjacent to an activating group) is 1. The number of hydrogen-bond donors (Lipinski definition) is 1. The lowest BCUT2D eigenvalue weighted by Crippen LogP contribution is -2.51. The van der Waals surface area contributed by atoms with E-state index in [-0.39, 0.29) is 5.54 Å². The van der Waals surface area contributed by atoms with Crippen LogP contribution in [0.3, 0.4) is 0 Å². The molecule has 1 aromatic heterocycles. The van der Waals surface area contributed by atoms with Crippen LogP contribution in [-0.2, 0) is 0 Å². The number of nitrogens with one attached hydrogen (secondary N) is 1. The van der Waals surface area contributed by atoms with Crippen LogP contribution in [0.15, 0.2) is 12.1 Å². The van der Waals surface area contributed by atoms with Gasteiger partial charge in [-0.15, -0.1) is 10.2 Å². The van der Waals surface area contributed by atoms with Gasteiger partial charge in [0.15, 0.2) is 11.5 Å². The molecule has 25 heavy (non-hydrogen) atoms. The van der Waals surface area contributed by atoms with Crippen molar-refractivity contribution in [2.45, 2.75) is 37.6 Å². The van der Waals surface area contributed by atoms with Crippen LogP contribution in [0.25, 0.3) is 11.0 Å². The predicted octanol–water partition coefficient (Wildman–Crippen LogP) is 2.72. The average Bonchev–Trinajstić information content (AvgIpc) is 2.65. The van der Waals surface area contributed by atoms with Gasteiger partial charge in [0.1, 0.15) is 5.52 Å². The highest BCUT2D eigenvalue weighted by Crippen LogP contribution is 2.33. The van der Waals surface area contributed by atoms with Crippen molar-refractivity contribution in [3.05, 3.63) is 12.1 Å². The molecule has 0 saturated heterocycles. The number of nitrogens with zero attached hydrogens (tertiary/aromatic N) is 4. The topological polar surface area (TPSA) is 72.4 Å². The monoisotopic (exact) mass is 345 g/mol. The van der Waals surface area contributed by atoms with Gasteiger partial charge in [-0.3, -0.25) is 0 Å². The van der Waals surface area contributed by atoms with Gasteiger partial charge in [0.2, 0.25) is 5.95 Å². The number of benzene rings is 1. The van der Waals surface area contributed by atoms with Crippen molar-refractivity contribution in [3.63, 3.8) is 0 Å². The fourth-order valence-corrected chi connectivity index (χ4v) is 3.58. The van der Waals surface area contributed by atoms with E-state index in [1.807, 2.05) is 6.07 Å². The first kappa shape index (κ1) is 17.7. The summed E-state index contributed by atoms with van der Waals surface area (Å²) in [5.74, 6) is 1.81. The minimum absolute atomic E-state index is 0.161. The Morgan fingerprint density at radius 1 is 1.00 bits per heavy atom. The summed E-state index contributed by atoms with van der Waals surface area (Å²) in [6.07, 6.45) is 6.25. The Labute approximate surface area is 148 Å². The lowest BCUT2D eigenvalue weighted by atomic mass is 9.80. The number of ether oxygens (including phenoxy) is 2. The van der Waals surface area contributed by atoms with E-state index in [4.69, 9.17) is 9.47 Å². The lowest BCUT2D eigenvalue weighted by molar-refractivity contribution is 0.113. The molecule has 0 spiro atoms. The van der Waals surface area contributed by atoms with Crippen LogP contribution in [0.1, 0.15) is 32.1 Å². The van der Waals surface area contributed by atoms with Gasteiger partial charge >= 0.3 is 0 Å². The zero-order chi connectivity index (χ0) is 17.9. The Hall–Kier alpha value is -2.15.